The molecule has 0 heterocycles. The van der Waals surface area contributed by atoms with Gasteiger partial charge in [-0.05, 0) is 30.7 Å². The van der Waals surface area contributed by atoms with Gasteiger partial charge in [0.1, 0.15) is 19.0 Å². The lowest BCUT2D eigenvalue weighted by Gasteiger charge is -2.10. The molecule has 2 aromatic carbocycles. The molecule has 0 fully saturated rings. The average Bonchev–Trinajstić information content (AvgIpc) is 2.45. The van der Waals surface area contributed by atoms with Gasteiger partial charge in [-0.25, -0.2) is 0 Å². The van der Waals surface area contributed by atoms with Crippen LogP contribution in [-0.4, -0.2) is 11.7 Å². The Morgan fingerprint density at radius 3 is 2.75 bits per heavy atom. The van der Waals surface area contributed by atoms with Crippen molar-refractivity contribution >= 4 is 11.6 Å². The van der Waals surface area contributed by atoms with Crippen molar-refractivity contribution in [1.82, 2.24) is 0 Å². The van der Waals surface area contributed by atoms with Gasteiger partial charge in [0.15, 0.2) is 0 Å². The second-order valence-corrected chi connectivity index (χ2v) is 4.75. The Kier molecular flexibility index (Phi) is 5.06. The maximum atomic E-state index is 8.80. The predicted molar refractivity (Wildman–Crippen MR) is 80.9 cm³/mol. The molecule has 3 heteroatoms. The van der Waals surface area contributed by atoms with Crippen molar-refractivity contribution in [2.24, 2.45) is 0 Å². The minimum atomic E-state index is -0.169. The smallest absolute Gasteiger partial charge is 0.135 e. The lowest BCUT2D eigenvalue weighted by Crippen LogP contribution is -1.98. The molecule has 0 atom stereocenters. The molecule has 0 saturated carbocycles. The van der Waals surface area contributed by atoms with Crippen LogP contribution in [0.2, 0.25) is 5.02 Å². The Labute approximate surface area is 124 Å². The van der Waals surface area contributed by atoms with Crippen LogP contribution in [0.25, 0.3) is 0 Å². The zero-order valence-corrected chi connectivity index (χ0v) is 11.9. The SMILES string of the molecule is Cc1ccc(OCc2ccccc2Cl)c(C#CCO)c1. The standard InChI is InChI=1S/C17H15ClO2/c1-13-8-9-17(14(11-13)6-4-10-19)20-12-15-5-2-3-7-16(15)18/h2-3,5,7-9,11,19H,10,12H2,1H3. The molecule has 0 aliphatic rings. The van der Waals surface area contributed by atoms with Crippen molar-refractivity contribution in [1.29, 1.82) is 0 Å². The fourth-order valence-electron chi connectivity index (χ4n) is 1.77. The zero-order chi connectivity index (χ0) is 14.4. The Morgan fingerprint density at radius 2 is 2.00 bits per heavy atom. The van der Waals surface area contributed by atoms with E-state index in [4.69, 9.17) is 21.4 Å². The Balaban J connectivity index is 2.19. The number of hydrogen-bond acceptors (Lipinski definition) is 2. The van der Waals surface area contributed by atoms with E-state index in [0.717, 1.165) is 16.7 Å². The van der Waals surface area contributed by atoms with E-state index in [1.54, 1.807) is 0 Å². The maximum Gasteiger partial charge on any atom is 0.135 e. The van der Waals surface area contributed by atoms with E-state index in [0.29, 0.717) is 17.4 Å². The summed E-state index contributed by atoms with van der Waals surface area (Å²) in [7, 11) is 0. The predicted octanol–water partition coefficient (Wildman–Crippen LogP) is 3.57. The fraction of sp³-hybridized carbons (Fsp3) is 0.176. The first-order chi connectivity index (χ1) is 9.70. The quantitative estimate of drug-likeness (QED) is 0.874. The van der Waals surface area contributed by atoms with Crippen molar-refractivity contribution in [2.75, 3.05) is 6.61 Å². The van der Waals surface area contributed by atoms with Gasteiger partial charge in [-0.3, -0.25) is 0 Å². The van der Waals surface area contributed by atoms with Gasteiger partial charge in [-0.15, -0.1) is 0 Å². The van der Waals surface area contributed by atoms with E-state index in [1.165, 1.54) is 0 Å². The van der Waals surface area contributed by atoms with E-state index in [1.807, 2.05) is 49.4 Å². The first kappa shape index (κ1) is 14.5. The van der Waals surface area contributed by atoms with E-state index in [9.17, 15) is 0 Å². The molecule has 0 unspecified atom stereocenters. The van der Waals surface area contributed by atoms with Crippen molar-refractivity contribution in [3.8, 4) is 17.6 Å². The van der Waals surface area contributed by atoms with Crippen molar-refractivity contribution in [3.05, 3.63) is 64.2 Å². The molecule has 2 aromatic rings. The molecule has 102 valence electrons. The second-order valence-electron chi connectivity index (χ2n) is 4.34. The minimum absolute atomic E-state index is 0.169. The number of aryl methyl sites for hydroxylation is 1. The summed E-state index contributed by atoms with van der Waals surface area (Å²) in [4.78, 5) is 0. The van der Waals surface area contributed by atoms with Crippen LogP contribution < -0.4 is 4.74 Å². The summed E-state index contributed by atoms with van der Waals surface area (Å²) in [6.07, 6.45) is 0. The Morgan fingerprint density at radius 1 is 1.20 bits per heavy atom. The first-order valence-corrected chi connectivity index (χ1v) is 6.65. The largest absolute Gasteiger partial charge is 0.488 e. The molecule has 1 N–H and O–H groups in total. The van der Waals surface area contributed by atoms with Gasteiger partial charge in [0, 0.05) is 10.6 Å². The van der Waals surface area contributed by atoms with Crippen LogP contribution in [0.3, 0.4) is 0 Å². The molecule has 2 nitrogen and oxygen atoms in total. The van der Waals surface area contributed by atoms with Crippen molar-refractivity contribution in [2.45, 2.75) is 13.5 Å². The second kappa shape index (κ2) is 7.00. The number of aliphatic hydroxyl groups excluding tert-OH is 1. The van der Waals surface area contributed by atoms with E-state index < -0.39 is 0 Å². The van der Waals surface area contributed by atoms with Crippen molar-refractivity contribution in [3.63, 3.8) is 0 Å². The molecule has 0 spiro atoms. The molecule has 0 aliphatic carbocycles. The van der Waals surface area contributed by atoms with Gasteiger partial charge in [0.2, 0.25) is 0 Å². The fourth-order valence-corrected chi connectivity index (χ4v) is 1.96. The van der Waals surface area contributed by atoms with Crippen LogP contribution in [0.1, 0.15) is 16.7 Å². The van der Waals surface area contributed by atoms with Gasteiger partial charge >= 0.3 is 0 Å². The Hall–Kier alpha value is -1.95. The normalized spacial score (nSPS) is 9.75. The highest BCUT2D eigenvalue weighted by Crippen LogP contribution is 2.22. The molecule has 0 bridgehead atoms. The minimum Gasteiger partial charge on any atom is -0.488 e. The van der Waals surface area contributed by atoms with Gasteiger partial charge < -0.3 is 9.84 Å². The highest BCUT2D eigenvalue weighted by Gasteiger charge is 2.04. The molecule has 0 aromatic heterocycles. The number of halogens is 1. The van der Waals surface area contributed by atoms with E-state index in [-0.39, 0.29) is 6.61 Å². The zero-order valence-electron chi connectivity index (χ0n) is 11.2. The molecular weight excluding hydrogens is 272 g/mol. The number of rotatable bonds is 3. The maximum absolute atomic E-state index is 8.80. The van der Waals surface area contributed by atoms with Crippen LogP contribution >= 0.6 is 11.6 Å². The third-order valence-corrected chi connectivity index (χ3v) is 3.15. The van der Waals surface area contributed by atoms with Gasteiger partial charge in [0.25, 0.3) is 0 Å². The van der Waals surface area contributed by atoms with E-state index in [2.05, 4.69) is 11.8 Å². The highest BCUT2D eigenvalue weighted by molar-refractivity contribution is 6.31. The number of ether oxygens (including phenoxy) is 1. The lowest BCUT2D eigenvalue weighted by atomic mass is 10.1. The summed E-state index contributed by atoms with van der Waals surface area (Å²) in [5, 5.41) is 9.48. The third-order valence-electron chi connectivity index (χ3n) is 2.78. The summed E-state index contributed by atoms with van der Waals surface area (Å²) in [5.41, 5.74) is 2.79. The topological polar surface area (TPSA) is 29.5 Å². The molecule has 20 heavy (non-hydrogen) atoms. The highest BCUT2D eigenvalue weighted by atomic mass is 35.5. The van der Waals surface area contributed by atoms with Gasteiger partial charge in [0.05, 0.1) is 5.56 Å². The van der Waals surface area contributed by atoms with Crippen LogP contribution in [-0.2, 0) is 6.61 Å². The van der Waals surface area contributed by atoms with Gasteiger partial charge in [-0.1, -0.05) is 47.7 Å². The number of benzene rings is 2. The van der Waals surface area contributed by atoms with Crippen LogP contribution in [0.15, 0.2) is 42.5 Å². The van der Waals surface area contributed by atoms with Crippen LogP contribution in [0, 0.1) is 18.8 Å². The summed E-state index contributed by atoms with van der Waals surface area (Å²) < 4.78 is 5.79. The monoisotopic (exact) mass is 286 g/mol. The summed E-state index contributed by atoms with van der Waals surface area (Å²) in [6.45, 7) is 2.20. The molecular formula is C17H15ClO2. The molecule has 2 rings (SSSR count). The van der Waals surface area contributed by atoms with Crippen LogP contribution in [0.4, 0.5) is 0 Å². The first-order valence-electron chi connectivity index (χ1n) is 6.27. The number of hydrogen-bond donors (Lipinski definition) is 1. The molecule has 0 radical (unpaired) electrons. The summed E-state index contributed by atoms with van der Waals surface area (Å²) in [5.74, 6) is 6.23. The molecule has 0 aliphatic heterocycles. The molecule has 0 saturated heterocycles. The van der Waals surface area contributed by atoms with Gasteiger partial charge in [-0.2, -0.15) is 0 Å². The lowest BCUT2D eigenvalue weighted by molar-refractivity contribution is 0.305. The van der Waals surface area contributed by atoms with Crippen LogP contribution in [0.5, 0.6) is 5.75 Å². The van der Waals surface area contributed by atoms with E-state index >= 15 is 0 Å². The summed E-state index contributed by atoms with van der Waals surface area (Å²) in [6, 6.07) is 13.4. The summed E-state index contributed by atoms with van der Waals surface area (Å²) >= 11 is 6.10. The average molecular weight is 287 g/mol. The molecule has 0 amide bonds. The Bertz CT molecular complexity index is 654. The number of aliphatic hydroxyl groups is 1. The third kappa shape index (κ3) is 3.77. The van der Waals surface area contributed by atoms with Crippen molar-refractivity contribution < 1.29 is 9.84 Å².